The predicted molar refractivity (Wildman–Crippen MR) is 74.8 cm³/mol. The number of amides is 1. The fraction of sp³-hybridized carbons (Fsp3) is 0.188. The van der Waals surface area contributed by atoms with Crippen LogP contribution in [0.3, 0.4) is 0 Å². The Morgan fingerprint density at radius 1 is 1.21 bits per heavy atom. The number of carbonyl (C=O) groups excluding carboxylic acids is 1. The van der Waals surface area contributed by atoms with Gasteiger partial charge >= 0.3 is 0 Å². The Morgan fingerprint density at radius 2 is 2.00 bits per heavy atom. The number of nitrogens with one attached hydrogen (secondary N) is 1. The first-order valence-electron chi connectivity index (χ1n) is 6.38. The molecule has 1 unspecified atom stereocenters. The minimum Gasteiger partial charge on any atom is -0.366 e. The van der Waals surface area contributed by atoms with E-state index in [1.54, 1.807) is 6.07 Å². The zero-order valence-electron chi connectivity index (χ0n) is 10.8. The van der Waals surface area contributed by atoms with Gasteiger partial charge in [-0.25, -0.2) is 0 Å². The summed E-state index contributed by atoms with van der Waals surface area (Å²) >= 11 is 0. The van der Waals surface area contributed by atoms with Crippen LogP contribution in [0.5, 0.6) is 0 Å². The first kappa shape index (κ1) is 11.9. The van der Waals surface area contributed by atoms with E-state index in [0.29, 0.717) is 5.56 Å². The molecule has 0 radical (unpaired) electrons. The molecular weight excluding hydrogens is 236 g/mol. The highest BCUT2D eigenvalue weighted by atomic mass is 16.1. The van der Waals surface area contributed by atoms with Crippen molar-refractivity contribution in [1.29, 1.82) is 0 Å². The number of benzene rings is 2. The number of rotatable bonds is 2. The Kier molecular flexibility index (Phi) is 2.84. The minimum absolute atomic E-state index is 0.207. The second-order valence-corrected chi connectivity index (χ2v) is 4.95. The van der Waals surface area contributed by atoms with Crippen LogP contribution in [0.1, 0.15) is 38.7 Å². The van der Waals surface area contributed by atoms with Gasteiger partial charge in [0.2, 0.25) is 5.91 Å². The molecule has 0 saturated heterocycles. The summed E-state index contributed by atoms with van der Waals surface area (Å²) in [5.74, 6) is -0.373. The summed E-state index contributed by atoms with van der Waals surface area (Å²) in [7, 11) is 0. The molecular formula is C16H16N2O. The van der Waals surface area contributed by atoms with Gasteiger partial charge in [-0.1, -0.05) is 30.3 Å². The summed E-state index contributed by atoms with van der Waals surface area (Å²) < 4.78 is 0. The minimum atomic E-state index is -0.373. The van der Waals surface area contributed by atoms with Gasteiger partial charge in [-0.3, -0.25) is 4.79 Å². The van der Waals surface area contributed by atoms with E-state index in [1.807, 2.05) is 18.2 Å². The SMILES string of the molecule is Cc1ccccc1C1NCc2cc(C(N)=O)ccc21. The van der Waals surface area contributed by atoms with Crippen LogP contribution < -0.4 is 11.1 Å². The Labute approximate surface area is 112 Å². The summed E-state index contributed by atoms with van der Waals surface area (Å²) in [6, 6.07) is 14.3. The van der Waals surface area contributed by atoms with Gasteiger partial charge in [-0.15, -0.1) is 0 Å². The molecule has 0 aromatic heterocycles. The zero-order chi connectivity index (χ0) is 13.4. The molecule has 0 bridgehead atoms. The zero-order valence-corrected chi connectivity index (χ0v) is 10.8. The van der Waals surface area contributed by atoms with Crippen LogP contribution in [0.25, 0.3) is 0 Å². The van der Waals surface area contributed by atoms with Crippen molar-refractivity contribution in [3.63, 3.8) is 0 Å². The van der Waals surface area contributed by atoms with Gasteiger partial charge in [-0.2, -0.15) is 0 Å². The van der Waals surface area contributed by atoms with E-state index >= 15 is 0 Å². The molecule has 96 valence electrons. The normalized spacial score (nSPS) is 17.2. The van der Waals surface area contributed by atoms with Gasteiger partial charge in [0.25, 0.3) is 0 Å². The number of primary amides is 1. The second kappa shape index (κ2) is 4.52. The quantitative estimate of drug-likeness (QED) is 0.861. The van der Waals surface area contributed by atoms with Gasteiger partial charge in [0, 0.05) is 12.1 Å². The van der Waals surface area contributed by atoms with Crippen molar-refractivity contribution in [2.24, 2.45) is 5.73 Å². The van der Waals surface area contributed by atoms with Gasteiger partial charge in [0.15, 0.2) is 0 Å². The summed E-state index contributed by atoms with van der Waals surface area (Å²) in [6.45, 7) is 2.89. The maximum atomic E-state index is 11.2. The van der Waals surface area contributed by atoms with E-state index in [-0.39, 0.29) is 11.9 Å². The molecule has 1 aliphatic rings. The smallest absolute Gasteiger partial charge is 0.248 e. The van der Waals surface area contributed by atoms with Crippen molar-refractivity contribution in [3.05, 3.63) is 70.3 Å². The number of carbonyl (C=O) groups is 1. The van der Waals surface area contributed by atoms with Crippen LogP contribution in [-0.4, -0.2) is 5.91 Å². The number of fused-ring (bicyclic) bond motifs is 1. The van der Waals surface area contributed by atoms with Crippen LogP contribution in [-0.2, 0) is 6.54 Å². The van der Waals surface area contributed by atoms with Crippen molar-refractivity contribution < 1.29 is 4.79 Å². The predicted octanol–water partition coefficient (Wildman–Crippen LogP) is 2.29. The monoisotopic (exact) mass is 252 g/mol. The highest BCUT2D eigenvalue weighted by molar-refractivity contribution is 5.93. The molecule has 3 heteroatoms. The van der Waals surface area contributed by atoms with E-state index in [4.69, 9.17) is 5.73 Å². The number of nitrogens with two attached hydrogens (primary N) is 1. The lowest BCUT2D eigenvalue weighted by Crippen LogP contribution is -2.14. The molecule has 2 aromatic carbocycles. The van der Waals surface area contributed by atoms with Crippen LogP contribution >= 0.6 is 0 Å². The van der Waals surface area contributed by atoms with Crippen molar-refractivity contribution in [1.82, 2.24) is 5.32 Å². The molecule has 2 aromatic rings. The molecule has 19 heavy (non-hydrogen) atoms. The first-order chi connectivity index (χ1) is 9.16. The lowest BCUT2D eigenvalue weighted by atomic mass is 9.94. The van der Waals surface area contributed by atoms with Crippen molar-refractivity contribution >= 4 is 5.91 Å². The van der Waals surface area contributed by atoms with Gasteiger partial charge < -0.3 is 11.1 Å². The molecule has 1 amide bonds. The third kappa shape index (κ3) is 2.02. The lowest BCUT2D eigenvalue weighted by molar-refractivity contribution is 0.1000. The van der Waals surface area contributed by atoms with Gasteiger partial charge in [-0.05, 0) is 41.3 Å². The lowest BCUT2D eigenvalue weighted by Gasteiger charge is -2.15. The maximum absolute atomic E-state index is 11.2. The van der Waals surface area contributed by atoms with Crippen LogP contribution in [0, 0.1) is 6.92 Å². The van der Waals surface area contributed by atoms with Gasteiger partial charge in [0.1, 0.15) is 0 Å². The molecule has 0 saturated carbocycles. The third-order valence-electron chi connectivity index (χ3n) is 3.73. The molecule has 1 heterocycles. The number of hydrogen-bond acceptors (Lipinski definition) is 2. The summed E-state index contributed by atoms with van der Waals surface area (Å²) in [4.78, 5) is 11.2. The molecule has 0 fully saturated rings. The van der Waals surface area contributed by atoms with E-state index in [1.165, 1.54) is 16.7 Å². The Morgan fingerprint density at radius 3 is 2.74 bits per heavy atom. The van der Waals surface area contributed by atoms with Crippen LogP contribution in [0.2, 0.25) is 0 Å². The highest BCUT2D eigenvalue weighted by Gasteiger charge is 2.24. The third-order valence-corrected chi connectivity index (χ3v) is 3.73. The molecule has 0 aliphatic carbocycles. The van der Waals surface area contributed by atoms with Crippen molar-refractivity contribution in [2.75, 3.05) is 0 Å². The molecule has 3 N–H and O–H groups in total. The topological polar surface area (TPSA) is 55.1 Å². The highest BCUT2D eigenvalue weighted by Crippen LogP contribution is 2.32. The second-order valence-electron chi connectivity index (χ2n) is 4.95. The van der Waals surface area contributed by atoms with E-state index in [9.17, 15) is 4.79 Å². The van der Waals surface area contributed by atoms with E-state index < -0.39 is 0 Å². The molecule has 3 nitrogen and oxygen atoms in total. The van der Waals surface area contributed by atoms with E-state index in [0.717, 1.165) is 12.1 Å². The average Bonchev–Trinajstić information content (AvgIpc) is 2.82. The maximum Gasteiger partial charge on any atom is 0.248 e. The van der Waals surface area contributed by atoms with Gasteiger partial charge in [0.05, 0.1) is 6.04 Å². The average molecular weight is 252 g/mol. The fourth-order valence-electron chi connectivity index (χ4n) is 2.70. The Balaban J connectivity index is 2.04. The Hall–Kier alpha value is -2.13. The fourth-order valence-corrected chi connectivity index (χ4v) is 2.70. The summed E-state index contributed by atoms with van der Waals surface area (Å²) in [5, 5.41) is 3.49. The van der Waals surface area contributed by atoms with Crippen molar-refractivity contribution in [2.45, 2.75) is 19.5 Å². The van der Waals surface area contributed by atoms with Crippen LogP contribution in [0.15, 0.2) is 42.5 Å². The molecule has 1 atom stereocenters. The number of hydrogen-bond donors (Lipinski definition) is 2. The Bertz CT molecular complexity index is 649. The molecule has 1 aliphatic heterocycles. The first-order valence-corrected chi connectivity index (χ1v) is 6.38. The summed E-state index contributed by atoms with van der Waals surface area (Å²) in [5.41, 5.74) is 10.8. The van der Waals surface area contributed by atoms with Crippen LogP contribution in [0.4, 0.5) is 0 Å². The molecule has 0 spiro atoms. The van der Waals surface area contributed by atoms with Crippen molar-refractivity contribution in [3.8, 4) is 0 Å². The summed E-state index contributed by atoms with van der Waals surface area (Å²) in [6.07, 6.45) is 0. The molecule has 3 rings (SSSR count). The van der Waals surface area contributed by atoms with E-state index in [2.05, 4.69) is 30.4 Å². The standard InChI is InChI=1S/C16H16N2O/c1-10-4-2-3-5-13(10)15-14-7-6-11(16(17)19)8-12(14)9-18-15/h2-8,15,18H,9H2,1H3,(H2,17,19). The largest absolute Gasteiger partial charge is 0.366 e. The number of aryl methyl sites for hydroxylation is 1.